The Bertz CT molecular complexity index is 937. The number of rotatable bonds is 3. The zero-order chi connectivity index (χ0) is 16.5. The first-order valence-electron chi connectivity index (χ1n) is 7.75. The Balaban J connectivity index is 1.60. The molecule has 1 aliphatic heterocycles. The summed E-state index contributed by atoms with van der Waals surface area (Å²) in [7, 11) is 0. The molecule has 3 aromatic rings. The normalized spacial score (nSPS) is 17.5. The van der Waals surface area contributed by atoms with Gasteiger partial charge in [-0.3, -0.25) is 9.59 Å². The monoisotopic (exact) mass is 341 g/mol. The highest BCUT2D eigenvalue weighted by Crippen LogP contribution is 2.32. The molecule has 1 amide bonds. The van der Waals surface area contributed by atoms with Gasteiger partial charge in [-0.25, -0.2) is 9.67 Å². The Kier molecular flexibility index (Phi) is 3.81. The number of aromatic nitrogens is 4. The molecule has 1 saturated heterocycles. The largest absolute Gasteiger partial charge is 0.332 e. The summed E-state index contributed by atoms with van der Waals surface area (Å²) in [5.41, 5.74) is 0.243. The molecule has 0 aliphatic carbocycles. The molecule has 1 aliphatic rings. The van der Waals surface area contributed by atoms with Crippen LogP contribution in [-0.4, -0.2) is 37.3 Å². The molecule has 0 unspecified atom stereocenters. The van der Waals surface area contributed by atoms with Crippen molar-refractivity contribution in [2.45, 2.75) is 25.4 Å². The van der Waals surface area contributed by atoms with Crippen molar-refractivity contribution in [2.24, 2.45) is 0 Å². The van der Waals surface area contributed by atoms with Crippen LogP contribution in [0.1, 0.15) is 23.9 Å². The van der Waals surface area contributed by atoms with Gasteiger partial charge in [0, 0.05) is 18.1 Å². The highest BCUT2D eigenvalue weighted by molar-refractivity contribution is 7.09. The van der Waals surface area contributed by atoms with Crippen LogP contribution in [0.15, 0.2) is 40.6 Å². The maximum Gasteiger partial charge on any atom is 0.278 e. The first-order chi connectivity index (χ1) is 11.7. The van der Waals surface area contributed by atoms with E-state index >= 15 is 0 Å². The maximum atomic E-state index is 12.7. The van der Waals surface area contributed by atoms with E-state index in [1.54, 1.807) is 46.7 Å². The van der Waals surface area contributed by atoms with Gasteiger partial charge in [-0.05, 0) is 25.0 Å². The summed E-state index contributed by atoms with van der Waals surface area (Å²) in [5.74, 6) is -0.126. The van der Waals surface area contributed by atoms with Crippen molar-refractivity contribution in [1.29, 1.82) is 0 Å². The Labute approximate surface area is 141 Å². The lowest BCUT2D eigenvalue weighted by molar-refractivity contribution is -0.133. The minimum Gasteiger partial charge on any atom is -0.332 e. The molecule has 0 radical (unpaired) electrons. The van der Waals surface area contributed by atoms with Crippen molar-refractivity contribution in [3.05, 3.63) is 51.2 Å². The molecule has 0 N–H and O–H groups in total. The lowest BCUT2D eigenvalue weighted by Gasteiger charge is -2.23. The SMILES string of the molecule is O=C(Cn1nnc2ccccc2c1=O)N1CCC[C@@H]1c1nccs1. The average Bonchev–Trinajstić information content (AvgIpc) is 3.28. The number of benzene rings is 1. The molecule has 3 heterocycles. The van der Waals surface area contributed by atoms with Gasteiger partial charge in [-0.1, -0.05) is 17.3 Å². The van der Waals surface area contributed by atoms with Crippen molar-refractivity contribution in [3.8, 4) is 0 Å². The van der Waals surface area contributed by atoms with Crippen molar-refractivity contribution in [2.75, 3.05) is 6.54 Å². The quantitative estimate of drug-likeness (QED) is 0.723. The lowest BCUT2D eigenvalue weighted by Crippen LogP contribution is -2.37. The van der Waals surface area contributed by atoms with E-state index in [1.165, 1.54) is 0 Å². The van der Waals surface area contributed by atoms with Crippen LogP contribution < -0.4 is 5.56 Å². The van der Waals surface area contributed by atoms with Gasteiger partial charge < -0.3 is 4.90 Å². The molecule has 2 aromatic heterocycles. The summed E-state index contributed by atoms with van der Waals surface area (Å²) in [6.07, 6.45) is 3.59. The number of likely N-dealkylation sites (tertiary alicyclic amines) is 1. The first kappa shape index (κ1) is 14.9. The number of fused-ring (bicyclic) bond motifs is 1. The fourth-order valence-electron chi connectivity index (χ4n) is 3.07. The summed E-state index contributed by atoms with van der Waals surface area (Å²) in [4.78, 5) is 31.3. The van der Waals surface area contributed by atoms with Crippen LogP contribution in [0.25, 0.3) is 10.9 Å². The third-order valence-electron chi connectivity index (χ3n) is 4.22. The highest BCUT2D eigenvalue weighted by Gasteiger charge is 2.31. The van der Waals surface area contributed by atoms with Crippen LogP contribution in [0.2, 0.25) is 0 Å². The second kappa shape index (κ2) is 6.12. The summed E-state index contributed by atoms with van der Waals surface area (Å²) < 4.78 is 1.14. The number of carbonyl (C=O) groups is 1. The summed E-state index contributed by atoms with van der Waals surface area (Å²) in [6.45, 7) is 0.581. The van der Waals surface area contributed by atoms with Crippen LogP contribution in [0.3, 0.4) is 0 Å². The lowest BCUT2D eigenvalue weighted by atomic mass is 10.2. The topological polar surface area (TPSA) is 81.0 Å². The molecular formula is C16H15N5O2S. The molecule has 0 saturated carbocycles. The molecule has 0 spiro atoms. The molecule has 8 heteroatoms. The van der Waals surface area contributed by atoms with E-state index in [4.69, 9.17) is 0 Å². The van der Waals surface area contributed by atoms with Crippen LogP contribution in [0.5, 0.6) is 0 Å². The number of hydrogen-bond donors (Lipinski definition) is 0. The van der Waals surface area contributed by atoms with Gasteiger partial charge in [0.25, 0.3) is 5.56 Å². The van der Waals surface area contributed by atoms with Crippen LogP contribution in [-0.2, 0) is 11.3 Å². The van der Waals surface area contributed by atoms with E-state index in [0.717, 1.165) is 22.5 Å². The van der Waals surface area contributed by atoms with Crippen molar-refractivity contribution >= 4 is 28.1 Å². The fraction of sp³-hybridized carbons (Fsp3) is 0.312. The van der Waals surface area contributed by atoms with Gasteiger partial charge in [0.15, 0.2) is 0 Å². The Morgan fingerprint density at radius 3 is 3.04 bits per heavy atom. The maximum absolute atomic E-state index is 12.7. The average molecular weight is 341 g/mol. The summed E-state index contributed by atoms with van der Waals surface area (Å²) >= 11 is 1.55. The van der Waals surface area contributed by atoms with E-state index in [9.17, 15) is 9.59 Å². The minimum atomic E-state index is -0.293. The Hall–Kier alpha value is -2.61. The van der Waals surface area contributed by atoms with Gasteiger partial charge in [0.05, 0.1) is 11.4 Å². The molecule has 4 rings (SSSR count). The molecule has 1 fully saturated rings. The Morgan fingerprint density at radius 1 is 1.33 bits per heavy atom. The number of carbonyl (C=O) groups excluding carboxylic acids is 1. The molecule has 7 nitrogen and oxygen atoms in total. The van der Waals surface area contributed by atoms with Gasteiger partial charge in [-0.2, -0.15) is 0 Å². The van der Waals surface area contributed by atoms with Gasteiger partial charge in [0.1, 0.15) is 17.1 Å². The smallest absolute Gasteiger partial charge is 0.278 e. The van der Waals surface area contributed by atoms with E-state index in [2.05, 4.69) is 15.3 Å². The van der Waals surface area contributed by atoms with Crippen molar-refractivity contribution in [1.82, 2.24) is 24.9 Å². The Morgan fingerprint density at radius 2 is 2.21 bits per heavy atom. The van der Waals surface area contributed by atoms with Gasteiger partial charge >= 0.3 is 0 Å². The number of amides is 1. The predicted molar refractivity (Wildman–Crippen MR) is 89.6 cm³/mol. The van der Waals surface area contributed by atoms with Crippen molar-refractivity contribution in [3.63, 3.8) is 0 Å². The second-order valence-corrected chi connectivity index (χ2v) is 6.61. The third-order valence-corrected chi connectivity index (χ3v) is 5.10. The number of thiazole rings is 1. The number of nitrogens with zero attached hydrogens (tertiary/aromatic N) is 5. The van der Waals surface area contributed by atoms with E-state index in [1.807, 2.05) is 5.38 Å². The van der Waals surface area contributed by atoms with Crippen LogP contribution in [0, 0.1) is 0 Å². The first-order valence-corrected chi connectivity index (χ1v) is 8.63. The van der Waals surface area contributed by atoms with E-state index in [0.29, 0.717) is 17.4 Å². The molecule has 24 heavy (non-hydrogen) atoms. The third kappa shape index (κ3) is 2.58. The van der Waals surface area contributed by atoms with E-state index in [-0.39, 0.29) is 24.1 Å². The second-order valence-electron chi connectivity index (χ2n) is 5.68. The molecular weight excluding hydrogens is 326 g/mol. The zero-order valence-corrected chi connectivity index (χ0v) is 13.6. The zero-order valence-electron chi connectivity index (χ0n) is 12.8. The van der Waals surface area contributed by atoms with Gasteiger partial charge in [-0.15, -0.1) is 16.4 Å². The van der Waals surface area contributed by atoms with Crippen LogP contribution in [0.4, 0.5) is 0 Å². The summed E-state index contributed by atoms with van der Waals surface area (Å²) in [6, 6.07) is 7.00. The fourth-order valence-corrected chi connectivity index (χ4v) is 3.85. The molecule has 122 valence electrons. The standard InChI is InChI=1S/C16H15N5O2S/c22-14(20-8-3-6-13(20)15-17-7-9-24-15)10-21-16(23)11-4-1-2-5-12(11)18-19-21/h1-2,4-5,7,9,13H,3,6,8,10H2/t13-/m1/s1. The predicted octanol–water partition coefficient (Wildman–Crippen LogP) is 1.61. The minimum absolute atomic E-state index is 0.00150. The number of hydrogen-bond acceptors (Lipinski definition) is 6. The van der Waals surface area contributed by atoms with Crippen LogP contribution >= 0.6 is 11.3 Å². The van der Waals surface area contributed by atoms with Crippen molar-refractivity contribution < 1.29 is 4.79 Å². The molecule has 1 aromatic carbocycles. The highest BCUT2D eigenvalue weighted by atomic mass is 32.1. The van der Waals surface area contributed by atoms with Gasteiger partial charge in [0.2, 0.25) is 5.91 Å². The molecule has 0 bridgehead atoms. The molecule has 1 atom stereocenters. The van der Waals surface area contributed by atoms with E-state index < -0.39 is 0 Å². The summed E-state index contributed by atoms with van der Waals surface area (Å²) in [5, 5.41) is 11.2.